The topological polar surface area (TPSA) is 78.4 Å². The van der Waals surface area contributed by atoms with Crippen LogP contribution < -0.4 is 10.6 Å². The summed E-state index contributed by atoms with van der Waals surface area (Å²) >= 11 is 0. The van der Waals surface area contributed by atoms with E-state index in [2.05, 4.69) is 10.6 Å². The molecular formula is C16H22N2O3. The number of benzene rings is 1. The van der Waals surface area contributed by atoms with E-state index < -0.39 is 11.9 Å². The quantitative estimate of drug-likeness (QED) is 0.776. The molecule has 21 heavy (non-hydrogen) atoms. The first-order valence-corrected chi connectivity index (χ1v) is 7.37. The third-order valence-corrected chi connectivity index (χ3v) is 3.91. The summed E-state index contributed by atoms with van der Waals surface area (Å²) in [6, 6.07) is 5.58. The number of nitrogens with one attached hydrogen (secondary N) is 2. The van der Waals surface area contributed by atoms with E-state index in [1.165, 1.54) is 0 Å². The molecule has 1 aliphatic heterocycles. The van der Waals surface area contributed by atoms with E-state index in [0.717, 1.165) is 30.6 Å². The highest BCUT2D eigenvalue weighted by Crippen LogP contribution is 2.23. The van der Waals surface area contributed by atoms with Gasteiger partial charge in [-0.3, -0.25) is 9.59 Å². The molecule has 114 valence electrons. The number of anilines is 1. The Kier molecular flexibility index (Phi) is 4.83. The van der Waals surface area contributed by atoms with Gasteiger partial charge in [0.05, 0.1) is 5.92 Å². The molecule has 1 heterocycles. The van der Waals surface area contributed by atoms with Gasteiger partial charge in [0.1, 0.15) is 0 Å². The normalized spacial score (nSPS) is 15.0. The number of carboxylic acids is 1. The number of hydrogen-bond acceptors (Lipinski definition) is 3. The maximum absolute atomic E-state index is 12.2. The molecule has 1 unspecified atom stereocenters. The van der Waals surface area contributed by atoms with Crippen molar-refractivity contribution in [3.8, 4) is 0 Å². The third-order valence-electron chi connectivity index (χ3n) is 3.91. The molecule has 0 spiro atoms. The van der Waals surface area contributed by atoms with Gasteiger partial charge < -0.3 is 15.7 Å². The summed E-state index contributed by atoms with van der Waals surface area (Å²) in [4.78, 5) is 23.3. The fourth-order valence-electron chi connectivity index (χ4n) is 2.53. The van der Waals surface area contributed by atoms with Crippen molar-refractivity contribution in [1.29, 1.82) is 0 Å². The van der Waals surface area contributed by atoms with Crippen LogP contribution in [0, 0.1) is 11.8 Å². The van der Waals surface area contributed by atoms with Crippen LogP contribution in [-0.4, -0.2) is 30.1 Å². The van der Waals surface area contributed by atoms with E-state index in [1.807, 2.05) is 26.0 Å². The Balaban J connectivity index is 2.02. The van der Waals surface area contributed by atoms with Crippen LogP contribution in [0.3, 0.4) is 0 Å². The predicted molar refractivity (Wildman–Crippen MR) is 81.5 cm³/mol. The van der Waals surface area contributed by atoms with Gasteiger partial charge in [-0.1, -0.05) is 13.8 Å². The van der Waals surface area contributed by atoms with E-state index >= 15 is 0 Å². The van der Waals surface area contributed by atoms with Gasteiger partial charge in [0, 0.05) is 24.3 Å². The summed E-state index contributed by atoms with van der Waals surface area (Å²) in [5.74, 6) is -1.67. The lowest BCUT2D eigenvalue weighted by molar-refractivity contribution is -0.142. The Bertz CT molecular complexity index is 540. The van der Waals surface area contributed by atoms with Crippen LogP contribution in [0.2, 0.25) is 0 Å². The fraction of sp³-hybridized carbons (Fsp3) is 0.500. The second kappa shape index (κ2) is 6.61. The molecule has 0 radical (unpaired) electrons. The molecule has 0 aliphatic carbocycles. The minimum atomic E-state index is -0.875. The van der Waals surface area contributed by atoms with Crippen molar-refractivity contribution in [3.05, 3.63) is 29.3 Å². The average Bonchev–Trinajstić information content (AvgIpc) is 2.46. The van der Waals surface area contributed by atoms with Crippen LogP contribution in [0.5, 0.6) is 0 Å². The number of hydrogen-bond donors (Lipinski definition) is 3. The molecule has 3 N–H and O–H groups in total. The molecule has 2 rings (SSSR count). The van der Waals surface area contributed by atoms with Gasteiger partial charge in [-0.2, -0.15) is 0 Å². The molecule has 1 aromatic carbocycles. The minimum absolute atomic E-state index is 0.0180. The van der Waals surface area contributed by atoms with Crippen molar-refractivity contribution in [3.63, 3.8) is 0 Å². The molecule has 1 amide bonds. The molecule has 0 bridgehead atoms. The lowest BCUT2D eigenvalue weighted by atomic mass is 9.96. The van der Waals surface area contributed by atoms with Crippen LogP contribution in [-0.2, 0) is 11.2 Å². The Labute approximate surface area is 124 Å². The molecule has 1 atom stereocenters. The first-order valence-electron chi connectivity index (χ1n) is 7.37. The van der Waals surface area contributed by atoms with Crippen molar-refractivity contribution in [2.24, 2.45) is 11.8 Å². The zero-order chi connectivity index (χ0) is 15.4. The summed E-state index contributed by atoms with van der Waals surface area (Å²) in [5.41, 5.74) is 2.82. The number of carbonyl (C=O) groups excluding carboxylic acids is 1. The van der Waals surface area contributed by atoms with Crippen LogP contribution in [0.1, 0.15) is 36.2 Å². The predicted octanol–water partition coefficient (Wildman–Crippen LogP) is 2.13. The second-order valence-corrected chi connectivity index (χ2v) is 5.80. The third kappa shape index (κ3) is 3.74. The van der Waals surface area contributed by atoms with Gasteiger partial charge >= 0.3 is 5.97 Å². The number of aryl methyl sites for hydroxylation is 1. The van der Waals surface area contributed by atoms with E-state index in [4.69, 9.17) is 5.11 Å². The van der Waals surface area contributed by atoms with Crippen molar-refractivity contribution in [1.82, 2.24) is 5.32 Å². The van der Waals surface area contributed by atoms with Crippen molar-refractivity contribution in [2.75, 3.05) is 18.4 Å². The summed E-state index contributed by atoms with van der Waals surface area (Å²) in [7, 11) is 0. The molecule has 0 aromatic heterocycles. The standard InChI is InChI=1S/C16H22N2O3/c1-10(2)13(16(20)21)9-18-15(19)12-5-6-14-11(8-12)4-3-7-17-14/h5-6,8,10,13,17H,3-4,7,9H2,1-2H3,(H,18,19)(H,20,21). The lowest BCUT2D eigenvalue weighted by Gasteiger charge is -2.19. The smallest absolute Gasteiger partial charge is 0.308 e. The number of carboxylic acid groups (broad SMARTS) is 1. The van der Waals surface area contributed by atoms with Crippen LogP contribution in [0.25, 0.3) is 0 Å². The molecular weight excluding hydrogens is 268 g/mol. The van der Waals surface area contributed by atoms with Crippen molar-refractivity contribution in [2.45, 2.75) is 26.7 Å². The van der Waals surface area contributed by atoms with Gasteiger partial charge in [-0.05, 0) is 42.5 Å². The Morgan fingerprint density at radius 2 is 2.14 bits per heavy atom. The van der Waals surface area contributed by atoms with Crippen LogP contribution in [0.4, 0.5) is 5.69 Å². The van der Waals surface area contributed by atoms with E-state index in [9.17, 15) is 9.59 Å². The van der Waals surface area contributed by atoms with Gasteiger partial charge in [0.2, 0.25) is 0 Å². The number of fused-ring (bicyclic) bond motifs is 1. The molecule has 5 heteroatoms. The van der Waals surface area contributed by atoms with Gasteiger partial charge in [0.25, 0.3) is 5.91 Å². The van der Waals surface area contributed by atoms with E-state index in [0.29, 0.717) is 5.56 Å². The first kappa shape index (κ1) is 15.4. The van der Waals surface area contributed by atoms with Crippen LogP contribution >= 0.6 is 0 Å². The molecule has 5 nitrogen and oxygen atoms in total. The Morgan fingerprint density at radius 3 is 2.81 bits per heavy atom. The summed E-state index contributed by atoms with van der Waals surface area (Å²) in [5, 5.41) is 15.2. The molecule has 1 aromatic rings. The number of carbonyl (C=O) groups is 2. The highest BCUT2D eigenvalue weighted by atomic mass is 16.4. The number of aliphatic carboxylic acids is 1. The lowest BCUT2D eigenvalue weighted by Crippen LogP contribution is -2.35. The Hall–Kier alpha value is -2.04. The highest BCUT2D eigenvalue weighted by molar-refractivity contribution is 5.95. The average molecular weight is 290 g/mol. The largest absolute Gasteiger partial charge is 0.481 e. The number of amides is 1. The molecule has 0 saturated carbocycles. The van der Waals surface area contributed by atoms with Gasteiger partial charge in [-0.15, -0.1) is 0 Å². The van der Waals surface area contributed by atoms with E-state index in [1.54, 1.807) is 6.07 Å². The van der Waals surface area contributed by atoms with Crippen LogP contribution in [0.15, 0.2) is 18.2 Å². The van der Waals surface area contributed by atoms with Crippen molar-refractivity contribution >= 4 is 17.6 Å². The second-order valence-electron chi connectivity index (χ2n) is 5.80. The molecule has 1 aliphatic rings. The van der Waals surface area contributed by atoms with Gasteiger partial charge in [-0.25, -0.2) is 0 Å². The monoisotopic (exact) mass is 290 g/mol. The van der Waals surface area contributed by atoms with Crippen molar-refractivity contribution < 1.29 is 14.7 Å². The Morgan fingerprint density at radius 1 is 1.38 bits per heavy atom. The fourth-order valence-corrected chi connectivity index (χ4v) is 2.53. The number of rotatable bonds is 5. The summed E-state index contributed by atoms with van der Waals surface area (Å²) in [6.45, 7) is 4.80. The maximum atomic E-state index is 12.2. The molecule has 0 saturated heterocycles. The zero-order valence-corrected chi connectivity index (χ0v) is 12.5. The SMILES string of the molecule is CC(C)C(CNC(=O)c1ccc2c(c1)CCCN2)C(=O)O. The molecule has 0 fully saturated rings. The zero-order valence-electron chi connectivity index (χ0n) is 12.5. The minimum Gasteiger partial charge on any atom is -0.481 e. The summed E-state index contributed by atoms with van der Waals surface area (Å²) in [6.07, 6.45) is 2.03. The van der Waals surface area contributed by atoms with E-state index in [-0.39, 0.29) is 18.4 Å². The summed E-state index contributed by atoms with van der Waals surface area (Å²) < 4.78 is 0. The first-order chi connectivity index (χ1) is 9.99. The maximum Gasteiger partial charge on any atom is 0.308 e. The van der Waals surface area contributed by atoms with Gasteiger partial charge in [0.15, 0.2) is 0 Å². The highest BCUT2D eigenvalue weighted by Gasteiger charge is 2.22.